The van der Waals surface area contributed by atoms with Gasteiger partial charge < -0.3 is 0 Å². The molecule has 0 aromatic carbocycles. The fraction of sp³-hybridized carbons (Fsp3) is 0.643. The zero-order valence-electron chi connectivity index (χ0n) is 11.7. The summed E-state index contributed by atoms with van der Waals surface area (Å²) in [5, 5.41) is 0. The molecule has 1 rings (SSSR count). The highest BCUT2D eigenvalue weighted by molar-refractivity contribution is 6.06. The second-order valence-electron chi connectivity index (χ2n) is 4.76. The second-order valence-corrected chi connectivity index (χ2v) is 4.76. The van der Waals surface area contributed by atoms with E-state index in [-0.39, 0.29) is 30.7 Å². The van der Waals surface area contributed by atoms with E-state index in [1.54, 1.807) is 0 Å². The summed E-state index contributed by atoms with van der Waals surface area (Å²) in [6.45, 7) is 7.94. The van der Waals surface area contributed by atoms with E-state index in [9.17, 15) is 14.4 Å². The van der Waals surface area contributed by atoms with Crippen LogP contribution >= 0.6 is 0 Å². The van der Waals surface area contributed by atoms with Crippen LogP contribution < -0.4 is 0 Å². The van der Waals surface area contributed by atoms with Crippen molar-refractivity contribution in [2.24, 2.45) is 5.92 Å². The Kier molecular flexibility index (Phi) is 5.73. The third-order valence-electron chi connectivity index (χ3n) is 3.20. The number of amides is 4. The number of hydrogen-bond acceptors (Lipinski definition) is 3. The van der Waals surface area contributed by atoms with Crippen molar-refractivity contribution in [2.45, 2.75) is 39.5 Å². The van der Waals surface area contributed by atoms with Gasteiger partial charge in [0.1, 0.15) is 0 Å². The van der Waals surface area contributed by atoms with Gasteiger partial charge in [0.05, 0.1) is 0 Å². The Hall–Kier alpha value is -1.65. The molecule has 5 nitrogen and oxygen atoms in total. The van der Waals surface area contributed by atoms with E-state index in [4.69, 9.17) is 0 Å². The summed E-state index contributed by atoms with van der Waals surface area (Å²) in [5.41, 5.74) is 0. The van der Waals surface area contributed by atoms with Crippen LogP contribution in [0.3, 0.4) is 0 Å². The van der Waals surface area contributed by atoms with Gasteiger partial charge >= 0.3 is 6.03 Å². The average molecular weight is 266 g/mol. The summed E-state index contributed by atoms with van der Waals surface area (Å²) < 4.78 is 0. The van der Waals surface area contributed by atoms with Gasteiger partial charge in [0, 0.05) is 25.4 Å². The van der Waals surface area contributed by atoms with Crippen molar-refractivity contribution >= 4 is 17.8 Å². The van der Waals surface area contributed by atoms with E-state index in [1.165, 1.54) is 11.0 Å². The molecule has 1 fully saturated rings. The van der Waals surface area contributed by atoms with E-state index in [0.29, 0.717) is 19.4 Å². The van der Waals surface area contributed by atoms with Gasteiger partial charge in [-0.3, -0.25) is 19.4 Å². The highest BCUT2D eigenvalue weighted by Crippen LogP contribution is 2.22. The van der Waals surface area contributed by atoms with Gasteiger partial charge in [0.2, 0.25) is 11.8 Å². The molecule has 0 saturated carbocycles. The van der Waals surface area contributed by atoms with Crippen LogP contribution in [0.2, 0.25) is 0 Å². The Labute approximate surface area is 114 Å². The molecule has 5 heteroatoms. The Morgan fingerprint density at radius 2 is 1.89 bits per heavy atom. The molecule has 1 atom stereocenters. The Bertz CT molecular complexity index is 379. The molecule has 0 N–H and O–H groups in total. The van der Waals surface area contributed by atoms with Gasteiger partial charge in [-0.15, -0.1) is 6.58 Å². The summed E-state index contributed by atoms with van der Waals surface area (Å²) in [4.78, 5) is 39.0. The largest absolute Gasteiger partial charge is 0.333 e. The van der Waals surface area contributed by atoms with Crippen molar-refractivity contribution in [3.63, 3.8) is 0 Å². The van der Waals surface area contributed by atoms with Crippen LogP contribution in [-0.4, -0.2) is 40.7 Å². The van der Waals surface area contributed by atoms with Crippen molar-refractivity contribution in [1.82, 2.24) is 9.80 Å². The Balaban J connectivity index is 3.05. The van der Waals surface area contributed by atoms with Crippen molar-refractivity contribution in [3.8, 4) is 0 Å². The predicted molar refractivity (Wildman–Crippen MR) is 72.3 cm³/mol. The number of urea groups is 1. The zero-order chi connectivity index (χ0) is 14.4. The van der Waals surface area contributed by atoms with Crippen LogP contribution in [0.4, 0.5) is 4.79 Å². The number of nitrogens with zero attached hydrogens (tertiary/aromatic N) is 2. The molecule has 0 spiro atoms. The second kappa shape index (κ2) is 7.07. The molecule has 1 aliphatic rings. The maximum absolute atomic E-state index is 12.3. The van der Waals surface area contributed by atoms with E-state index < -0.39 is 6.03 Å². The number of carbonyl (C=O) groups is 3. The molecule has 0 bridgehead atoms. The summed E-state index contributed by atoms with van der Waals surface area (Å²) >= 11 is 0. The topological polar surface area (TPSA) is 57.7 Å². The van der Waals surface area contributed by atoms with Gasteiger partial charge in [0.25, 0.3) is 0 Å². The first-order valence-electron chi connectivity index (χ1n) is 6.83. The normalized spacial score (nSPS) is 20.7. The van der Waals surface area contributed by atoms with Crippen LogP contribution in [0.5, 0.6) is 0 Å². The molecule has 1 heterocycles. The quantitative estimate of drug-likeness (QED) is 0.692. The van der Waals surface area contributed by atoms with Crippen LogP contribution in [0.1, 0.15) is 39.5 Å². The van der Waals surface area contributed by atoms with Crippen molar-refractivity contribution in [1.29, 1.82) is 0 Å². The molecular formula is C14H22N2O3. The summed E-state index contributed by atoms with van der Waals surface area (Å²) in [5.74, 6) is -0.882. The molecule has 1 saturated heterocycles. The molecule has 0 aliphatic carbocycles. The maximum atomic E-state index is 12.3. The molecule has 0 aromatic heterocycles. The monoisotopic (exact) mass is 266 g/mol. The van der Waals surface area contributed by atoms with E-state index >= 15 is 0 Å². The fourth-order valence-electron chi connectivity index (χ4n) is 2.29. The minimum atomic E-state index is -0.504. The fourth-order valence-corrected chi connectivity index (χ4v) is 2.29. The van der Waals surface area contributed by atoms with E-state index in [0.717, 1.165) is 11.3 Å². The smallest absolute Gasteiger partial charge is 0.274 e. The lowest BCUT2D eigenvalue weighted by Crippen LogP contribution is -2.46. The van der Waals surface area contributed by atoms with Gasteiger partial charge in [-0.1, -0.05) is 26.3 Å². The molecule has 4 amide bonds. The van der Waals surface area contributed by atoms with Crippen LogP contribution in [0.15, 0.2) is 12.7 Å². The lowest BCUT2D eigenvalue weighted by molar-refractivity contribution is -0.134. The highest BCUT2D eigenvalue weighted by Gasteiger charge is 2.38. The highest BCUT2D eigenvalue weighted by atomic mass is 16.2. The molecule has 19 heavy (non-hydrogen) atoms. The third kappa shape index (κ3) is 3.43. The summed E-state index contributed by atoms with van der Waals surface area (Å²) in [7, 11) is 0. The zero-order valence-corrected chi connectivity index (χ0v) is 11.7. The van der Waals surface area contributed by atoms with Gasteiger partial charge in [-0.25, -0.2) is 4.79 Å². The van der Waals surface area contributed by atoms with Crippen LogP contribution in [-0.2, 0) is 9.59 Å². The lowest BCUT2D eigenvalue weighted by Gasteiger charge is -2.24. The minimum absolute atomic E-state index is 0.131. The number of rotatable bonds is 6. The number of imide groups is 2. The predicted octanol–water partition coefficient (Wildman–Crippen LogP) is 2.18. The number of carbonyl (C=O) groups excluding carboxylic acids is 3. The van der Waals surface area contributed by atoms with Crippen molar-refractivity contribution in [3.05, 3.63) is 12.7 Å². The van der Waals surface area contributed by atoms with E-state index in [1.807, 2.05) is 13.8 Å². The summed E-state index contributed by atoms with van der Waals surface area (Å²) in [6.07, 6.45) is 3.77. The average Bonchev–Trinajstić information content (AvgIpc) is 2.46. The SMILES string of the molecule is C=CCN1C(=O)C(CCC)CC(=O)N(CCC)C1=O. The molecule has 1 unspecified atom stereocenters. The first-order chi connectivity index (χ1) is 9.06. The minimum Gasteiger partial charge on any atom is -0.274 e. The standard InChI is InChI=1S/C14H22N2O3/c1-4-7-11-10-12(17)15(8-5-2)14(19)16(9-6-3)13(11)18/h6,11H,3-5,7-10H2,1-2H3. The molecular weight excluding hydrogens is 244 g/mol. The first kappa shape index (κ1) is 15.4. The van der Waals surface area contributed by atoms with Crippen LogP contribution in [0, 0.1) is 5.92 Å². The summed E-state index contributed by atoms with van der Waals surface area (Å²) in [6, 6.07) is -0.504. The molecule has 0 radical (unpaired) electrons. The Morgan fingerprint density at radius 1 is 1.21 bits per heavy atom. The van der Waals surface area contributed by atoms with Gasteiger partial charge in [0.15, 0.2) is 0 Å². The molecule has 106 valence electrons. The van der Waals surface area contributed by atoms with Crippen LogP contribution in [0.25, 0.3) is 0 Å². The molecule has 1 aliphatic heterocycles. The number of hydrogen-bond donors (Lipinski definition) is 0. The molecule has 0 aromatic rings. The Morgan fingerprint density at radius 3 is 2.42 bits per heavy atom. The van der Waals surface area contributed by atoms with Gasteiger partial charge in [-0.2, -0.15) is 0 Å². The first-order valence-corrected chi connectivity index (χ1v) is 6.83. The maximum Gasteiger partial charge on any atom is 0.333 e. The van der Waals surface area contributed by atoms with Crippen molar-refractivity contribution in [2.75, 3.05) is 13.1 Å². The van der Waals surface area contributed by atoms with E-state index in [2.05, 4.69) is 6.58 Å². The lowest BCUT2D eigenvalue weighted by atomic mass is 9.98. The van der Waals surface area contributed by atoms with Gasteiger partial charge in [-0.05, 0) is 12.8 Å². The third-order valence-corrected chi connectivity index (χ3v) is 3.20. The van der Waals surface area contributed by atoms with Crippen molar-refractivity contribution < 1.29 is 14.4 Å².